The molecule has 0 unspecified atom stereocenters. The number of nitrogens with zero attached hydrogens (tertiary/aromatic N) is 4. The molecule has 1 aromatic carbocycles. The number of hydrogen-bond acceptors (Lipinski definition) is 8. The molecular formula is C25H32N6O3. The van der Waals surface area contributed by atoms with Crippen LogP contribution in [0.25, 0.3) is 10.9 Å². The van der Waals surface area contributed by atoms with Crippen LogP contribution >= 0.6 is 0 Å². The molecule has 3 aromatic rings. The van der Waals surface area contributed by atoms with E-state index in [9.17, 15) is 4.79 Å². The van der Waals surface area contributed by atoms with Gasteiger partial charge in [-0.2, -0.15) is 10.1 Å². The van der Waals surface area contributed by atoms with Gasteiger partial charge in [0.1, 0.15) is 6.61 Å². The van der Waals surface area contributed by atoms with E-state index in [1.807, 2.05) is 36.4 Å². The summed E-state index contributed by atoms with van der Waals surface area (Å²) in [5.74, 6) is 1.08. The fraction of sp³-hybridized carbons (Fsp3) is 0.400. The number of fused-ring (bicyclic) bond motifs is 1. The third-order valence-electron chi connectivity index (χ3n) is 5.61. The van der Waals surface area contributed by atoms with Crippen molar-refractivity contribution in [1.82, 2.24) is 14.5 Å². The molecule has 1 saturated heterocycles. The Morgan fingerprint density at radius 1 is 1.26 bits per heavy atom. The van der Waals surface area contributed by atoms with Crippen LogP contribution in [0, 0.1) is 0 Å². The van der Waals surface area contributed by atoms with Gasteiger partial charge in [0.2, 0.25) is 11.8 Å². The summed E-state index contributed by atoms with van der Waals surface area (Å²) in [6.45, 7) is 9.30. The molecule has 2 N–H and O–H groups in total. The summed E-state index contributed by atoms with van der Waals surface area (Å²) in [5.41, 5.74) is 5.64. The number of nitrogens with one attached hydrogen (secondary N) is 2. The predicted molar refractivity (Wildman–Crippen MR) is 135 cm³/mol. The lowest BCUT2D eigenvalue weighted by molar-refractivity contribution is 0.0320. The molecule has 0 aliphatic carbocycles. The summed E-state index contributed by atoms with van der Waals surface area (Å²) in [4.78, 5) is 18.9. The van der Waals surface area contributed by atoms with Crippen LogP contribution in [0.3, 0.4) is 0 Å². The molecule has 4 rings (SSSR count). The van der Waals surface area contributed by atoms with Crippen molar-refractivity contribution in [2.75, 3.05) is 56.7 Å². The minimum absolute atomic E-state index is 0.0426. The highest BCUT2D eigenvalue weighted by atomic mass is 16.5. The molecule has 0 bridgehead atoms. The van der Waals surface area contributed by atoms with Gasteiger partial charge in [-0.15, -0.1) is 0 Å². The summed E-state index contributed by atoms with van der Waals surface area (Å²) in [6.07, 6.45) is 4.51. The molecule has 2 aromatic heterocycles. The van der Waals surface area contributed by atoms with Crippen molar-refractivity contribution in [3.05, 3.63) is 48.2 Å². The SMILES string of the molecule is CCCNc1cc(N/N=C/c2cn(C(C)=O)c3ccccc23)nc(OCCN2CCOCC2)c1. The zero-order valence-electron chi connectivity index (χ0n) is 19.8. The van der Waals surface area contributed by atoms with Crippen LogP contribution in [0.4, 0.5) is 11.5 Å². The number of hydrogen-bond donors (Lipinski definition) is 2. The van der Waals surface area contributed by atoms with Crippen molar-refractivity contribution in [1.29, 1.82) is 0 Å². The molecule has 1 aliphatic heterocycles. The standard InChI is InChI=1S/C25H32N6O3/c1-3-8-26-21-15-24(28-25(16-21)34-14-11-30-9-12-33-13-10-30)29-27-17-20-18-31(19(2)32)23-7-5-4-6-22(20)23/h4-7,15-18H,3,8-14H2,1-2H3,(H2,26,28,29)/b27-17+. The van der Waals surface area contributed by atoms with Gasteiger partial charge in [0.15, 0.2) is 5.82 Å². The number of benzene rings is 1. The monoisotopic (exact) mass is 464 g/mol. The van der Waals surface area contributed by atoms with Crippen LogP contribution in [0.1, 0.15) is 30.6 Å². The summed E-state index contributed by atoms with van der Waals surface area (Å²) in [6, 6.07) is 11.6. The molecule has 0 atom stereocenters. The first-order chi connectivity index (χ1) is 16.6. The predicted octanol–water partition coefficient (Wildman–Crippen LogP) is 3.68. The van der Waals surface area contributed by atoms with Crippen molar-refractivity contribution in [2.45, 2.75) is 20.3 Å². The van der Waals surface area contributed by atoms with Gasteiger partial charge in [-0.1, -0.05) is 25.1 Å². The van der Waals surface area contributed by atoms with E-state index in [1.54, 1.807) is 23.9 Å². The average Bonchev–Trinajstić information content (AvgIpc) is 3.22. The van der Waals surface area contributed by atoms with Gasteiger partial charge in [0, 0.05) is 68.1 Å². The van der Waals surface area contributed by atoms with Gasteiger partial charge in [-0.3, -0.25) is 19.7 Å². The smallest absolute Gasteiger partial charge is 0.227 e. The minimum Gasteiger partial charge on any atom is -0.476 e. The van der Waals surface area contributed by atoms with Crippen LogP contribution in [0.5, 0.6) is 5.88 Å². The number of morpholine rings is 1. The lowest BCUT2D eigenvalue weighted by Crippen LogP contribution is -2.38. The highest BCUT2D eigenvalue weighted by Gasteiger charge is 2.11. The summed E-state index contributed by atoms with van der Waals surface area (Å²) >= 11 is 0. The Balaban J connectivity index is 1.46. The Labute approximate surface area is 199 Å². The number of rotatable bonds is 10. The third kappa shape index (κ3) is 6.12. The number of anilines is 2. The number of carbonyl (C=O) groups excluding carboxylic acids is 1. The number of carbonyl (C=O) groups is 1. The van der Waals surface area contributed by atoms with E-state index in [2.05, 4.69) is 32.7 Å². The largest absolute Gasteiger partial charge is 0.476 e. The molecular weight excluding hydrogens is 432 g/mol. The molecule has 0 amide bonds. The fourth-order valence-electron chi connectivity index (χ4n) is 3.85. The molecule has 1 aliphatic rings. The molecule has 0 radical (unpaired) electrons. The molecule has 0 spiro atoms. The van der Waals surface area contributed by atoms with Crippen LogP contribution < -0.4 is 15.5 Å². The molecule has 180 valence electrons. The Bertz CT molecular complexity index is 1140. The van der Waals surface area contributed by atoms with Crippen molar-refractivity contribution in [3.63, 3.8) is 0 Å². The quantitative estimate of drug-likeness (QED) is 0.349. The average molecular weight is 465 g/mol. The number of pyridine rings is 1. The summed E-state index contributed by atoms with van der Waals surface area (Å²) in [5, 5.41) is 8.73. The van der Waals surface area contributed by atoms with Gasteiger partial charge in [-0.05, 0) is 12.5 Å². The van der Waals surface area contributed by atoms with E-state index < -0.39 is 0 Å². The molecule has 34 heavy (non-hydrogen) atoms. The van der Waals surface area contributed by atoms with Gasteiger partial charge in [0.05, 0.1) is 24.9 Å². The van der Waals surface area contributed by atoms with Crippen LogP contribution in [0.2, 0.25) is 0 Å². The topological polar surface area (TPSA) is 93.0 Å². The summed E-state index contributed by atoms with van der Waals surface area (Å²) < 4.78 is 13.0. The Morgan fingerprint density at radius 2 is 2.09 bits per heavy atom. The van der Waals surface area contributed by atoms with Crippen molar-refractivity contribution in [2.24, 2.45) is 5.10 Å². The number of ether oxygens (including phenoxy) is 2. The van der Waals surface area contributed by atoms with Crippen LogP contribution in [-0.2, 0) is 4.74 Å². The second-order valence-corrected chi connectivity index (χ2v) is 8.17. The lowest BCUT2D eigenvalue weighted by atomic mass is 10.2. The maximum atomic E-state index is 12.0. The Morgan fingerprint density at radius 3 is 2.88 bits per heavy atom. The van der Waals surface area contributed by atoms with E-state index in [0.717, 1.165) is 68.0 Å². The van der Waals surface area contributed by atoms with Crippen molar-refractivity contribution < 1.29 is 14.3 Å². The number of hydrazone groups is 1. The van der Waals surface area contributed by atoms with Crippen LogP contribution in [-0.4, -0.2) is 72.6 Å². The van der Waals surface area contributed by atoms with Crippen molar-refractivity contribution in [3.8, 4) is 5.88 Å². The Hall–Kier alpha value is -3.43. The first-order valence-electron chi connectivity index (χ1n) is 11.7. The van der Waals surface area contributed by atoms with Crippen LogP contribution in [0.15, 0.2) is 47.7 Å². The molecule has 9 nitrogen and oxygen atoms in total. The molecule has 3 heterocycles. The first kappa shape index (κ1) is 23.7. The molecule has 9 heteroatoms. The second kappa shape index (κ2) is 11.6. The highest BCUT2D eigenvalue weighted by Crippen LogP contribution is 2.22. The molecule has 1 fully saturated rings. The minimum atomic E-state index is -0.0426. The highest BCUT2D eigenvalue weighted by molar-refractivity contribution is 6.03. The van der Waals surface area contributed by atoms with E-state index in [0.29, 0.717) is 18.3 Å². The lowest BCUT2D eigenvalue weighted by Gasteiger charge is -2.26. The van der Waals surface area contributed by atoms with E-state index >= 15 is 0 Å². The van der Waals surface area contributed by atoms with E-state index in [-0.39, 0.29) is 5.91 Å². The normalized spacial score (nSPS) is 14.5. The van der Waals surface area contributed by atoms with Gasteiger partial charge < -0.3 is 14.8 Å². The molecule has 0 saturated carbocycles. The maximum Gasteiger partial charge on any atom is 0.227 e. The third-order valence-corrected chi connectivity index (χ3v) is 5.61. The van der Waals surface area contributed by atoms with E-state index in [1.165, 1.54) is 0 Å². The maximum absolute atomic E-state index is 12.0. The van der Waals surface area contributed by atoms with Crippen molar-refractivity contribution >= 4 is 34.5 Å². The zero-order chi connectivity index (χ0) is 23.8. The summed E-state index contributed by atoms with van der Waals surface area (Å²) in [7, 11) is 0. The zero-order valence-corrected chi connectivity index (χ0v) is 19.8. The number of aromatic nitrogens is 2. The second-order valence-electron chi connectivity index (χ2n) is 8.17. The van der Waals surface area contributed by atoms with Gasteiger partial charge >= 0.3 is 0 Å². The Kier molecular flexibility index (Phi) is 8.11. The first-order valence-corrected chi connectivity index (χ1v) is 11.7. The fourth-order valence-corrected chi connectivity index (χ4v) is 3.85. The van der Waals surface area contributed by atoms with Gasteiger partial charge in [0.25, 0.3) is 0 Å². The number of para-hydroxylation sites is 1. The van der Waals surface area contributed by atoms with Gasteiger partial charge in [-0.25, -0.2) is 0 Å². The van der Waals surface area contributed by atoms with E-state index in [4.69, 9.17) is 9.47 Å².